The van der Waals surface area contributed by atoms with Crippen LogP contribution in [0, 0.1) is 0 Å². The van der Waals surface area contributed by atoms with E-state index in [-0.39, 0.29) is 0 Å². The molecule has 1 aromatic rings. The average molecular weight is 159 g/mol. The molecular formula is C5H7ClN4. The molecule has 10 heavy (non-hydrogen) atoms. The van der Waals surface area contributed by atoms with E-state index in [1.165, 1.54) is 4.80 Å². The lowest BCUT2D eigenvalue weighted by Crippen LogP contribution is -1.99. The van der Waals surface area contributed by atoms with Crippen LogP contribution in [0.25, 0.3) is 0 Å². The minimum atomic E-state index is 0.303. The molecule has 0 aliphatic carbocycles. The zero-order valence-corrected chi connectivity index (χ0v) is 6.12. The molecule has 54 valence electrons. The van der Waals surface area contributed by atoms with E-state index in [0.29, 0.717) is 18.2 Å². The van der Waals surface area contributed by atoms with Crippen molar-refractivity contribution in [1.82, 2.24) is 20.2 Å². The second kappa shape index (κ2) is 3.31. The lowest BCUT2D eigenvalue weighted by atomic mass is 10.7. The highest BCUT2D eigenvalue weighted by Gasteiger charge is 1.96. The van der Waals surface area contributed by atoms with Crippen molar-refractivity contribution in [2.75, 3.05) is 0 Å². The van der Waals surface area contributed by atoms with Crippen LogP contribution >= 0.6 is 11.6 Å². The quantitative estimate of drug-likeness (QED) is 0.478. The fourth-order valence-corrected chi connectivity index (χ4v) is 0.630. The van der Waals surface area contributed by atoms with E-state index in [1.807, 2.05) is 0 Å². The number of tetrazole rings is 1. The van der Waals surface area contributed by atoms with Crippen LogP contribution in [0.1, 0.15) is 5.82 Å². The Labute approximate surface area is 63.5 Å². The van der Waals surface area contributed by atoms with Gasteiger partial charge in [-0.05, 0) is 5.21 Å². The van der Waals surface area contributed by atoms with Crippen LogP contribution in [-0.2, 0) is 12.4 Å². The van der Waals surface area contributed by atoms with E-state index in [4.69, 9.17) is 11.6 Å². The van der Waals surface area contributed by atoms with Crippen LogP contribution in [-0.4, -0.2) is 20.2 Å². The maximum Gasteiger partial charge on any atom is 0.189 e. The second-order valence-corrected chi connectivity index (χ2v) is 1.95. The van der Waals surface area contributed by atoms with Gasteiger partial charge in [0, 0.05) is 0 Å². The summed E-state index contributed by atoms with van der Waals surface area (Å²) in [5.41, 5.74) is 0. The minimum Gasteiger partial charge on any atom is -0.160 e. The molecule has 0 saturated heterocycles. The first-order valence-corrected chi connectivity index (χ1v) is 3.34. The summed E-state index contributed by atoms with van der Waals surface area (Å²) in [6.45, 7) is 4.10. The molecule has 0 aliphatic rings. The van der Waals surface area contributed by atoms with Crippen molar-refractivity contribution in [3.05, 3.63) is 18.5 Å². The Morgan fingerprint density at radius 3 is 3.00 bits per heavy atom. The summed E-state index contributed by atoms with van der Waals surface area (Å²) in [5, 5.41) is 11.3. The van der Waals surface area contributed by atoms with E-state index < -0.39 is 0 Å². The van der Waals surface area contributed by atoms with Gasteiger partial charge in [0.25, 0.3) is 0 Å². The van der Waals surface area contributed by atoms with Gasteiger partial charge in [0.1, 0.15) is 0 Å². The minimum absolute atomic E-state index is 0.303. The molecule has 5 heteroatoms. The van der Waals surface area contributed by atoms with E-state index >= 15 is 0 Å². The Balaban J connectivity index is 2.67. The highest BCUT2D eigenvalue weighted by atomic mass is 35.5. The Bertz CT molecular complexity index is 219. The molecule has 0 fully saturated rings. The first-order chi connectivity index (χ1) is 4.86. The summed E-state index contributed by atoms with van der Waals surface area (Å²) in [6, 6.07) is 0. The number of hydrogen-bond donors (Lipinski definition) is 0. The Kier molecular flexibility index (Phi) is 2.39. The molecule has 0 spiro atoms. The van der Waals surface area contributed by atoms with Crippen molar-refractivity contribution in [1.29, 1.82) is 0 Å². The highest BCUT2D eigenvalue weighted by molar-refractivity contribution is 6.16. The lowest BCUT2D eigenvalue weighted by molar-refractivity contribution is 0.581. The number of aromatic nitrogens is 4. The van der Waals surface area contributed by atoms with Gasteiger partial charge in [-0.15, -0.1) is 28.4 Å². The molecule has 0 N–H and O–H groups in total. The molecule has 0 bridgehead atoms. The summed E-state index contributed by atoms with van der Waals surface area (Å²) >= 11 is 5.44. The number of rotatable bonds is 3. The van der Waals surface area contributed by atoms with E-state index in [0.717, 1.165) is 0 Å². The lowest BCUT2D eigenvalue weighted by Gasteiger charge is -1.86. The molecule has 1 heterocycles. The van der Waals surface area contributed by atoms with E-state index in [1.54, 1.807) is 6.08 Å². The predicted octanol–water partition coefficient (Wildman–Crippen LogP) is 0.598. The van der Waals surface area contributed by atoms with Crippen molar-refractivity contribution >= 4 is 11.6 Å². The van der Waals surface area contributed by atoms with Crippen molar-refractivity contribution < 1.29 is 0 Å². The Morgan fingerprint density at radius 2 is 2.50 bits per heavy atom. The van der Waals surface area contributed by atoms with Gasteiger partial charge in [0.2, 0.25) is 0 Å². The number of hydrogen-bond acceptors (Lipinski definition) is 3. The Morgan fingerprint density at radius 1 is 1.70 bits per heavy atom. The third-order valence-corrected chi connectivity index (χ3v) is 1.15. The third kappa shape index (κ3) is 1.54. The second-order valence-electron chi connectivity index (χ2n) is 1.68. The van der Waals surface area contributed by atoms with Crippen LogP contribution in [0.2, 0.25) is 0 Å². The summed E-state index contributed by atoms with van der Waals surface area (Å²) in [5.74, 6) is 0.848. The number of allylic oxidation sites excluding steroid dienone is 1. The summed E-state index contributed by atoms with van der Waals surface area (Å²) < 4.78 is 0. The van der Waals surface area contributed by atoms with E-state index in [2.05, 4.69) is 22.0 Å². The molecule has 0 aromatic carbocycles. The predicted molar refractivity (Wildman–Crippen MR) is 37.6 cm³/mol. The molecular weight excluding hydrogens is 152 g/mol. The molecule has 0 atom stereocenters. The zero-order chi connectivity index (χ0) is 7.40. The fourth-order valence-electron chi connectivity index (χ4n) is 0.523. The van der Waals surface area contributed by atoms with Gasteiger partial charge in [-0.1, -0.05) is 6.08 Å². The van der Waals surface area contributed by atoms with Crippen LogP contribution in [0.4, 0.5) is 0 Å². The smallest absolute Gasteiger partial charge is 0.160 e. The Hall–Kier alpha value is -0.900. The van der Waals surface area contributed by atoms with Gasteiger partial charge in [0.15, 0.2) is 5.82 Å². The molecule has 0 amide bonds. The number of halogens is 1. The number of nitrogens with zero attached hydrogens (tertiary/aromatic N) is 4. The average Bonchev–Trinajstić information content (AvgIpc) is 2.37. The molecule has 4 nitrogen and oxygen atoms in total. The van der Waals surface area contributed by atoms with Crippen molar-refractivity contribution in [3.63, 3.8) is 0 Å². The largest absolute Gasteiger partial charge is 0.189 e. The van der Waals surface area contributed by atoms with Crippen LogP contribution in [0.15, 0.2) is 12.7 Å². The van der Waals surface area contributed by atoms with Crippen molar-refractivity contribution in [2.24, 2.45) is 0 Å². The summed E-state index contributed by atoms with van der Waals surface area (Å²) in [6.07, 6.45) is 1.69. The first-order valence-electron chi connectivity index (χ1n) is 2.80. The third-order valence-electron chi connectivity index (χ3n) is 0.906. The summed E-state index contributed by atoms with van der Waals surface area (Å²) in [7, 11) is 0. The van der Waals surface area contributed by atoms with Gasteiger partial charge in [0.05, 0.1) is 12.4 Å². The molecule has 1 rings (SSSR count). The van der Waals surface area contributed by atoms with E-state index in [9.17, 15) is 0 Å². The molecule has 1 aromatic heterocycles. The van der Waals surface area contributed by atoms with Gasteiger partial charge in [-0.2, -0.15) is 4.80 Å². The number of alkyl halides is 1. The zero-order valence-electron chi connectivity index (χ0n) is 5.37. The highest BCUT2D eigenvalue weighted by Crippen LogP contribution is 1.91. The van der Waals surface area contributed by atoms with Crippen LogP contribution in [0.3, 0.4) is 0 Å². The summed E-state index contributed by atoms with van der Waals surface area (Å²) in [4.78, 5) is 1.44. The fraction of sp³-hybridized carbons (Fsp3) is 0.400. The standard InChI is InChI=1S/C5H7ClN4/c1-2-3-10-8-5(4-6)7-9-10/h2H,1,3-4H2. The molecule has 0 unspecified atom stereocenters. The molecule has 0 radical (unpaired) electrons. The maximum atomic E-state index is 5.44. The van der Waals surface area contributed by atoms with Gasteiger partial charge >= 0.3 is 0 Å². The normalized spacial score (nSPS) is 9.70. The van der Waals surface area contributed by atoms with Crippen LogP contribution in [0.5, 0.6) is 0 Å². The molecule has 0 aliphatic heterocycles. The monoisotopic (exact) mass is 158 g/mol. The topological polar surface area (TPSA) is 43.6 Å². The van der Waals surface area contributed by atoms with Crippen LogP contribution < -0.4 is 0 Å². The first kappa shape index (κ1) is 7.21. The van der Waals surface area contributed by atoms with Crippen molar-refractivity contribution in [2.45, 2.75) is 12.4 Å². The van der Waals surface area contributed by atoms with Gasteiger partial charge in [-0.3, -0.25) is 0 Å². The van der Waals surface area contributed by atoms with Gasteiger partial charge < -0.3 is 0 Å². The maximum absolute atomic E-state index is 5.44. The molecule has 0 saturated carbocycles. The SMILES string of the molecule is C=CCn1nnc(CCl)n1. The van der Waals surface area contributed by atoms with Gasteiger partial charge in [-0.25, -0.2) is 0 Å². The van der Waals surface area contributed by atoms with Crippen molar-refractivity contribution in [3.8, 4) is 0 Å².